The summed E-state index contributed by atoms with van der Waals surface area (Å²) in [7, 11) is 0. The van der Waals surface area contributed by atoms with Gasteiger partial charge in [-0.2, -0.15) is 0 Å². The van der Waals surface area contributed by atoms with E-state index >= 15 is 0 Å². The summed E-state index contributed by atoms with van der Waals surface area (Å²) in [6.45, 7) is 3.29. The third-order valence-corrected chi connectivity index (χ3v) is 2.91. The number of nitrogens with zero attached hydrogens (tertiary/aromatic N) is 3. The third kappa shape index (κ3) is 3.64. The molecular weight excluding hydrogens is 242 g/mol. The minimum atomic E-state index is 0.417. The number of hydrogen-bond acceptors (Lipinski definition) is 4. The smallest absolute Gasteiger partial charge is 0.172 e. The van der Waals surface area contributed by atoms with Crippen LogP contribution in [0.25, 0.3) is 0 Å². The van der Waals surface area contributed by atoms with Gasteiger partial charge in [0.25, 0.3) is 0 Å². The van der Waals surface area contributed by atoms with Crippen LogP contribution in [0.1, 0.15) is 29.0 Å². The van der Waals surface area contributed by atoms with E-state index in [1.807, 2.05) is 37.3 Å². The largest absolute Gasteiger partial charge is 0.494 e. The van der Waals surface area contributed by atoms with Crippen molar-refractivity contribution in [2.75, 3.05) is 6.61 Å². The van der Waals surface area contributed by atoms with E-state index in [0.717, 1.165) is 37.1 Å². The van der Waals surface area contributed by atoms with Crippen molar-refractivity contribution in [2.45, 2.75) is 26.3 Å². The fraction of sp³-hybridized carbons (Fsp3) is 0.357. The highest BCUT2D eigenvalue weighted by atomic mass is 16.5. The zero-order valence-corrected chi connectivity index (χ0v) is 11.0. The molecule has 0 unspecified atom stereocenters. The van der Waals surface area contributed by atoms with Crippen molar-refractivity contribution in [1.29, 1.82) is 0 Å². The maximum Gasteiger partial charge on any atom is 0.172 e. The summed E-state index contributed by atoms with van der Waals surface area (Å²) in [4.78, 5) is 10.6. The molecule has 100 valence electrons. The molecule has 0 N–H and O–H groups in total. The number of carbonyl (C=O) groups excluding carboxylic acids is 1. The second kappa shape index (κ2) is 6.68. The first-order valence-electron chi connectivity index (χ1n) is 6.34. The fourth-order valence-corrected chi connectivity index (χ4v) is 1.77. The monoisotopic (exact) mass is 259 g/mol. The van der Waals surface area contributed by atoms with E-state index in [0.29, 0.717) is 12.3 Å². The molecule has 2 rings (SSSR count). The summed E-state index contributed by atoms with van der Waals surface area (Å²) in [5, 5.41) is 7.73. The predicted molar refractivity (Wildman–Crippen MR) is 71.3 cm³/mol. The molecule has 1 aromatic heterocycles. The molecule has 5 heteroatoms. The van der Waals surface area contributed by atoms with Gasteiger partial charge in [0.1, 0.15) is 11.4 Å². The second-order valence-electron chi connectivity index (χ2n) is 4.27. The standard InChI is InChI=1S/C14H17N3O2/c1-12-14(11-18)15-16-17(12)9-5-6-10-19-13-7-3-2-4-8-13/h2-4,7-8,11H,5-6,9-10H2,1H3. The molecule has 0 saturated heterocycles. The molecule has 0 aliphatic rings. The Labute approximate surface area is 112 Å². The molecule has 0 saturated carbocycles. The van der Waals surface area contributed by atoms with Crippen LogP contribution < -0.4 is 4.74 Å². The number of aryl methyl sites for hydroxylation is 1. The lowest BCUT2D eigenvalue weighted by atomic mass is 10.3. The molecule has 0 radical (unpaired) electrons. The first kappa shape index (κ1) is 13.3. The van der Waals surface area contributed by atoms with Crippen LogP contribution in [0.3, 0.4) is 0 Å². The van der Waals surface area contributed by atoms with Crippen LogP contribution in [-0.4, -0.2) is 27.9 Å². The van der Waals surface area contributed by atoms with Crippen LogP contribution >= 0.6 is 0 Å². The topological polar surface area (TPSA) is 57.0 Å². The van der Waals surface area contributed by atoms with Crippen molar-refractivity contribution >= 4 is 6.29 Å². The molecule has 2 aromatic rings. The Bertz CT molecular complexity index is 523. The SMILES string of the molecule is Cc1c(C=O)nnn1CCCCOc1ccccc1. The molecule has 0 amide bonds. The van der Waals surface area contributed by atoms with Crippen LogP contribution in [0.2, 0.25) is 0 Å². The highest BCUT2D eigenvalue weighted by Gasteiger charge is 2.06. The molecule has 1 aromatic carbocycles. The van der Waals surface area contributed by atoms with E-state index in [1.54, 1.807) is 4.68 Å². The van der Waals surface area contributed by atoms with Crippen molar-refractivity contribution in [2.24, 2.45) is 0 Å². The van der Waals surface area contributed by atoms with E-state index in [9.17, 15) is 4.79 Å². The van der Waals surface area contributed by atoms with Gasteiger partial charge in [-0.1, -0.05) is 23.4 Å². The molecule has 0 bridgehead atoms. The molecule has 0 spiro atoms. The van der Waals surface area contributed by atoms with Crippen LogP contribution in [0.5, 0.6) is 5.75 Å². The molecule has 19 heavy (non-hydrogen) atoms. The Balaban J connectivity index is 1.69. The summed E-state index contributed by atoms with van der Waals surface area (Å²) in [6.07, 6.45) is 2.61. The molecule has 0 atom stereocenters. The first-order valence-corrected chi connectivity index (χ1v) is 6.34. The number of aldehydes is 1. The van der Waals surface area contributed by atoms with Gasteiger partial charge >= 0.3 is 0 Å². The number of benzene rings is 1. The van der Waals surface area contributed by atoms with Crippen LogP contribution in [-0.2, 0) is 6.54 Å². The summed E-state index contributed by atoms with van der Waals surface area (Å²) in [5.74, 6) is 0.891. The number of ether oxygens (including phenoxy) is 1. The van der Waals surface area contributed by atoms with Gasteiger partial charge < -0.3 is 4.74 Å². The van der Waals surface area contributed by atoms with Crippen molar-refractivity contribution in [1.82, 2.24) is 15.0 Å². The molecule has 0 aliphatic carbocycles. The van der Waals surface area contributed by atoms with E-state index < -0.39 is 0 Å². The number of hydrogen-bond donors (Lipinski definition) is 0. The van der Waals surface area contributed by atoms with Crippen molar-refractivity contribution in [3.05, 3.63) is 41.7 Å². The summed E-state index contributed by atoms with van der Waals surface area (Å²) in [5.41, 5.74) is 1.24. The summed E-state index contributed by atoms with van der Waals surface area (Å²) >= 11 is 0. The lowest BCUT2D eigenvalue weighted by Crippen LogP contribution is -2.05. The average Bonchev–Trinajstić information content (AvgIpc) is 2.80. The first-order chi connectivity index (χ1) is 9.31. The number of aromatic nitrogens is 3. The van der Waals surface area contributed by atoms with Gasteiger partial charge in [-0.3, -0.25) is 4.79 Å². The summed E-state index contributed by atoms with van der Waals surface area (Å²) < 4.78 is 7.36. The molecule has 5 nitrogen and oxygen atoms in total. The van der Waals surface area contributed by atoms with Crippen LogP contribution in [0.15, 0.2) is 30.3 Å². The van der Waals surface area contributed by atoms with Crippen molar-refractivity contribution in [3.8, 4) is 5.75 Å². The highest BCUT2D eigenvalue weighted by molar-refractivity contribution is 5.72. The second-order valence-corrected chi connectivity index (χ2v) is 4.27. The minimum Gasteiger partial charge on any atom is -0.494 e. The zero-order chi connectivity index (χ0) is 13.5. The molecule has 0 aliphatic heterocycles. The third-order valence-electron chi connectivity index (χ3n) is 2.91. The van der Waals surface area contributed by atoms with E-state index in [4.69, 9.17) is 4.74 Å². The van der Waals surface area contributed by atoms with E-state index in [1.165, 1.54) is 0 Å². The predicted octanol–water partition coefficient (Wildman–Crippen LogP) is 2.26. The van der Waals surface area contributed by atoms with Gasteiger partial charge in [0, 0.05) is 6.54 Å². The lowest BCUT2D eigenvalue weighted by molar-refractivity contribution is 0.111. The lowest BCUT2D eigenvalue weighted by Gasteiger charge is -2.06. The number of carbonyl (C=O) groups is 1. The van der Waals surface area contributed by atoms with Crippen LogP contribution in [0, 0.1) is 6.92 Å². The fourth-order valence-electron chi connectivity index (χ4n) is 1.77. The maximum absolute atomic E-state index is 10.6. The van der Waals surface area contributed by atoms with Gasteiger partial charge in [-0.25, -0.2) is 4.68 Å². The summed E-state index contributed by atoms with van der Waals surface area (Å²) in [6, 6.07) is 9.75. The van der Waals surface area contributed by atoms with Gasteiger partial charge in [0.2, 0.25) is 0 Å². The Morgan fingerprint density at radius 3 is 2.74 bits per heavy atom. The Hall–Kier alpha value is -2.17. The van der Waals surface area contributed by atoms with E-state index in [-0.39, 0.29) is 0 Å². The van der Waals surface area contributed by atoms with Gasteiger partial charge in [0.15, 0.2) is 6.29 Å². The number of unbranched alkanes of at least 4 members (excludes halogenated alkanes) is 1. The van der Waals surface area contributed by atoms with Gasteiger partial charge in [0.05, 0.1) is 12.3 Å². The zero-order valence-electron chi connectivity index (χ0n) is 11.0. The van der Waals surface area contributed by atoms with Gasteiger partial charge in [-0.15, -0.1) is 5.10 Å². The Morgan fingerprint density at radius 1 is 1.26 bits per heavy atom. The molecular formula is C14H17N3O2. The van der Waals surface area contributed by atoms with Crippen molar-refractivity contribution in [3.63, 3.8) is 0 Å². The quantitative estimate of drug-likeness (QED) is 0.565. The molecule has 0 fully saturated rings. The maximum atomic E-state index is 10.6. The average molecular weight is 259 g/mol. The minimum absolute atomic E-state index is 0.417. The normalized spacial score (nSPS) is 10.4. The number of para-hydroxylation sites is 1. The highest BCUT2D eigenvalue weighted by Crippen LogP contribution is 2.09. The molecule has 1 heterocycles. The van der Waals surface area contributed by atoms with E-state index in [2.05, 4.69) is 10.3 Å². The Morgan fingerprint density at radius 2 is 2.05 bits per heavy atom. The van der Waals surface area contributed by atoms with Crippen molar-refractivity contribution < 1.29 is 9.53 Å². The van der Waals surface area contributed by atoms with Gasteiger partial charge in [-0.05, 0) is 31.9 Å². The Kier molecular flexibility index (Phi) is 4.66. The number of rotatable bonds is 7. The van der Waals surface area contributed by atoms with Crippen LogP contribution in [0.4, 0.5) is 0 Å².